The van der Waals surface area contributed by atoms with Crippen molar-refractivity contribution in [3.63, 3.8) is 0 Å². The Kier molecular flexibility index (Phi) is 4.59. The second kappa shape index (κ2) is 5.75. The van der Waals surface area contributed by atoms with Gasteiger partial charge in [0.1, 0.15) is 0 Å². The number of aryl methyl sites for hydroxylation is 1. The first-order valence-corrected chi connectivity index (χ1v) is 5.65. The number of rotatable bonds is 5. The average Bonchev–Trinajstić information content (AvgIpc) is 2.19. The fourth-order valence-corrected chi connectivity index (χ4v) is 1.65. The molecule has 0 aliphatic heterocycles. The second-order valence-electron chi connectivity index (χ2n) is 3.07. The highest BCUT2D eigenvalue weighted by atomic mass is 79.9. The van der Waals surface area contributed by atoms with Crippen LogP contribution >= 0.6 is 15.9 Å². The number of nitrogens with zero attached hydrogens (tertiary/aromatic N) is 1. The number of unbranched alkanes of at least 4 members (excludes halogenated alkanes) is 1. The van der Waals surface area contributed by atoms with E-state index in [0.29, 0.717) is 0 Å². The van der Waals surface area contributed by atoms with Crippen molar-refractivity contribution in [3.8, 4) is 0 Å². The van der Waals surface area contributed by atoms with Gasteiger partial charge in [-0.15, -0.1) is 0 Å². The van der Waals surface area contributed by atoms with Crippen LogP contribution in [0.25, 0.3) is 0 Å². The highest BCUT2D eigenvalue weighted by Gasteiger charge is 2.04. The van der Waals surface area contributed by atoms with E-state index in [2.05, 4.69) is 15.9 Å². The minimum absolute atomic E-state index is 0.182. The number of nitro groups is 1. The van der Waals surface area contributed by atoms with Crippen molar-refractivity contribution < 1.29 is 4.92 Å². The van der Waals surface area contributed by atoms with E-state index in [0.717, 1.165) is 30.2 Å². The largest absolute Gasteiger partial charge is 0.269 e. The third-order valence-electron chi connectivity index (χ3n) is 1.97. The van der Waals surface area contributed by atoms with Crippen molar-refractivity contribution in [3.05, 3.63) is 39.9 Å². The molecule has 0 radical (unpaired) electrons. The molecule has 0 heterocycles. The highest BCUT2D eigenvalue weighted by molar-refractivity contribution is 9.09. The number of hydrogen-bond donors (Lipinski definition) is 0. The first kappa shape index (κ1) is 11.2. The summed E-state index contributed by atoms with van der Waals surface area (Å²) in [5.74, 6) is 0. The van der Waals surface area contributed by atoms with Crippen molar-refractivity contribution in [2.24, 2.45) is 0 Å². The highest BCUT2D eigenvalue weighted by Crippen LogP contribution is 2.14. The molecule has 0 fully saturated rings. The predicted molar refractivity (Wildman–Crippen MR) is 59.8 cm³/mol. The smallest absolute Gasteiger partial charge is 0.258 e. The zero-order valence-electron chi connectivity index (χ0n) is 7.78. The summed E-state index contributed by atoms with van der Waals surface area (Å²) in [5, 5.41) is 11.5. The number of non-ortho nitro benzene ring substituents is 1. The summed E-state index contributed by atoms with van der Waals surface area (Å²) >= 11 is 3.35. The molecule has 4 heteroatoms. The molecule has 0 aromatic heterocycles. The van der Waals surface area contributed by atoms with Gasteiger partial charge in [0.05, 0.1) is 4.92 Å². The zero-order chi connectivity index (χ0) is 10.4. The number of nitro benzene ring substituents is 1. The maximum Gasteiger partial charge on any atom is 0.269 e. The fourth-order valence-electron chi connectivity index (χ4n) is 1.25. The molecule has 14 heavy (non-hydrogen) atoms. The van der Waals surface area contributed by atoms with Crippen LogP contribution in [0.4, 0.5) is 5.69 Å². The van der Waals surface area contributed by atoms with Crippen LogP contribution in [0.15, 0.2) is 24.3 Å². The van der Waals surface area contributed by atoms with E-state index in [1.807, 2.05) is 6.07 Å². The summed E-state index contributed by atoms with van der Waals surface area (Å²) in [6.45, 7) is 0. The van der Waals surface area contributed by atoms with Crippen molar-refractivity contribution in [2.45, 2.75) is 19.3 Å². The van der Waals surface area contributed by atoms with E-state index in [9.17, 15) is 10.1 Å². The molecule has 0 bridgehead atoms. The van der Waals surface area contributed by atoms with Crippen LogP contribution in [-0.2, 0) is 6.42 Å². The summed E-state index contributed by atoms with van der Waals surface area (Å²) in [5.41, 5.74) is 1.22. The van der Waals surface area contributed by atoms with Gasteiger partial charge in [-0.25, -0.2) is 0 Å². The van der Waals surface area contributed by atoms with Gasteiger partial charge in [0.25, 0.3) is 5.69 Å². The molecule has 0 unspecified atom stereocenters. The van der Waals surface area contributed by atoms with Crippen LogP contribution in [0.1, 0.15) is 18.4 Å². The summed E-state index contributed by atoms with van der Waals surface area (Å²) in [7, 11) is 0. The van der Waals surface area contributed by atoms with Crippen LogP contribution in [-0.4, -0.2) is 10.3 Å². The van der Waals surface area contributed by atoms with Gasteiger partial charge >= 0.3 is 0 Å². The van der Waals surface area contributed by atoms with E-state index in [4.69, 9.17) is 0 Å². The lowest BCUT2D eigenvalue weighted by atomic mass is 10.1. The lowest BCUT2D eigenvalue weighted by Gasteiger charge is -1.99. The average molecular weight is 258 g/mol. The first-order chi connectivity index (χ1) is 6.74. The topological polar surface area (TPSA) is 43.1 Å². The Balaban J connectivity index is 2.59. The number of halogens is 1. The summed E-state index contributed by atoms with van der Waals surface area (Å²) in [4.78, 5) is 10.1. The number of hydrogen-bond acceptors (Lipinski definition) is 2. The molecule has 1 rings (SSSR count). The molecule has 1 aromatic carbocycles. The zero-order valence-corrected chi connectivity index (χ0v) is 9.37. The van der Waals surface area contributed by atoms with Gasteiger partial charge in [-0.2, -0.15) is 0 Å². The van der Waals surface area contributed by atoms with E-state index in [1.54, 1.807) is 12.1 Å². The summed E-state index contributed by atoms with van der Waals surface area (Å²) in [6.07, 6.45) is 3.07. The van der Waals surface area contributed by atoms with Gasteiger partial charge in [0, 0.05) is 17.5 Å². The molecule has 0 aliphatic carbocycles. The Hall–Kier alpha value is -0.900. The number of benzene rings is 1. The second-order valence-corrected chi connectivity index (χ2v) is 3.87. The van der Waals surface area contributed by atoms with Crippen LogP contribution in [0.5, 0.6) is 0 Å². The normalized spacial score (nSPS) is 10.1. The minimum Gasteiger partial charge on any atom is -0.258 e. The molecular formula is C10H12BrNO2. The van der Waals surface area contributed by atoms with Crippen molar-refractivity contribution >= 4 is 21.6 Å². The SMILES string of the molecule is O=[N+]([O-])c1cccc(CCCCBr)c1. The molecular weight excluding hydrogens is 246 g/mol. The van der Waals surface area contributed by atoms with Crippen LogP contribution < -0.4 is 0 Å². The molecule has 3 nitrogen and oxygen atoms in total. The molecule has 1 aromatic rings. The summed E-state index contributed by atoms with van der Waals surface area (Å²) in [6, 6.07) is 6.84. The lowest BCUT2D eigenvalue weighted by Crippen LogP contribution is -1.91. The van der Waals surface area contributed by atoms with Crippen LogP contribution in [0.2, 0.25) is 0 Å². The molecule has 0 saturated carbocycles. The van der Waals surface area contributed by atoms with E-state index >= 15 is 0 Å². The van der Waals surface area contributed by atoms with Crippen molar-refractivity contribution in [1.82, 2.24) is 0 Å². The minimum atomic E-state index is -0.353. The van der Waals surface area contributed by atoms with Gasteiger partial charge in [0.15, 0.2) is 0 Å². The van der Waals surface area contributed by atoms with Gasteiger partial charge in [-0.05, 0) is 24.8 Å². The van der Waals surface area contributed by atoms with Crippen LogP contribution in [0.3, 0.4) is 0 Å². The Bertz CT molecular complexity index is 315. The quantitative estimate of drug-likeness (QED) is 0.352. The van der Waals surface area contributed by atoms with E-state index in [-0.39, 0.29) is 10.6 Å². The molecule has 0 N–H and O–H groups in total. The Morgan fingerprint density at radius 3 is 2.79 bits per heavy atom. The molecule has 0 saturated heterocycles. The Labute approximate surface area is 91.4 Å². The maximum atomic E-state index is 10.5. The summed E-state index contributed by atoms with van der Waals surface area (Å²) < 4.78 is 0. The molecule has 0 aliphatic rings. The molecule has 0 spiro atoms. The van der Waals surface area contributed by atoms with E-state index < -0.39 is 0 Å². The van der Waals surface area contributed by atoms with Gasteiger partial charge < -0.3 is 0 Å². The maximum absolute atomic E-state index is 10.5. The Morgan fingerprint density at radius 1 is 1.36 bits per heavy atom. The van der Waals surface area contributed by atoms with Gasteiger partial charge in [0.2, 0.25) is 0 Å². The van der Waals surface area contributed by atoms with E-state index in [1.165, 1.54) is 6.07 Å². The molecule has 76 valence electrons. The first-order valence-electron chi connectivity index (χ1n) is 4.53. The Morgan fingerprint density at radius 2 is 2.14 bits per heavy atom. The van der Waals surface area contributed by atoms with Crippen LogP contribution in [0, 0.1) is 10.1 Å². The predicted octanol–water partition coefficient (Wildman–Crippen LogP) is 3.31. The third kappa shape index (κ3) is 3.46. The molecule has 0 amide bonds. The van der Waals surface area contributed by atoms with Gasteiger partial charge in [-0.1, -0.05) is 28.1 Å². The monoisotopic (exact) mass is 257 g/mol. The van der Waals surface area contributed by atoms with Crippen molar-refractivity contribution in [1.29, 1.82) is 0 Å². The third-order valence-corrected chi connectivity index (χ3v) is 2.53. The van der Waals surface area contributed by atoms with Gasteiger partial charge in [-0.3, -0.25) is 10.1 Å². The molecule has 0 atom stereocenters. The van der Waals surface area contributed by atoms with Crippen molar-refractivity contribution in [2.75, 3.05) is 5.33 Å². The fraction of sp³-hybridized carbons (Fsp3) is 0.400. The number of alkyl halides is 1. The standard InChI is InChI=1S/C10H12BrNO2/c11-7-2-1-4-9-5-3-6-10(8-9)12(13)14/h3,5-6,8H,1-2,4,7H2. The lowest BCUT2D eigenvalue weighted by molar-refractivity contribution is -0.384.